The van der Waals surface area contributed by atoms with Crippen LogP contribution in [0, 0.1) is 11.7 Å². The van der Waals surface area contributed by atoms with Gasteiger partial charge >= 0.3 is 13.1 Å². The van der Waals surface area contributed by atoms with E-state index in [1.807, 2.05) is 13.8 Å². The molecule has 2 unspecified atom stereocenters. The summed E-state index contributed by atoms with van der Waals surface area (Å²) in [5.41, 5.74) is 1.93. The molecule has 0 amide bonds. The second kappa shape index (κ2) is 8.10. The lowest BCUT2D eigenvalue weighted by Gasteiger charge is -2.17. The van der Waals surface area contributed by atoms with Crippen LogP contribution in [0.2, 0.25) is 6.32 Å². The zero-order chi connectivity index (χ0) is 17.9. The van der Waals surface area contributed by atoms with Gasteiger partial charge in [-0.15, -0.1) is 0 Å². The first kappa shape index (κ1) is 18.9. The monoisotopic (exact) mass is 337 g/mol. The Bertz CT molecular complexity index is 594. The third kappa shape index (κ3) is 4.56. The van der Waals surface area contributed by atoms with Crippen LogP contribution in [0.15, 0.2) is 12.1 Å². The molecule has 0 saturated carbocycles. The minimum Gasteiger partial charge on any atom is -0.481 e. The van der Waals surface area contributed by atoms with E-state index in [0.717, 1.165) is 5.56 Å². The molecule has 24 heavy (non-hydrogen) atoms. The molecule has 7 heteroatoms. The first-order chi connectivity index (χ1) is 11.3. The van der Waals surface area contributed by atoms with Crippen LogP contribution in [0.3, 0.4) is 0 Å². The normalized spacial score (nSPS) is 19.6. The van der Waals surface area contributed by atoms with Crippen LogP contribution in [0.25, 0.3) is 0 Å². The SMILES string of the molecule is CC(C)NCc1cc2c(cc1F)CC(CCCB(O)O)C2C(=O)O. The van der Waals surface area contributed by atoms with Crippen molar-refractivity contribution in [3.63, 3.8) is 0 Å². The summed E-state index contributed by atoms with van der Waals surface area (Å²) in [5.74, 6) is -2.01. The second-order valence-corrected chi connectivity index (χ2v) is 6.87. The topological polar surface area (TPSA) is 89.8 Å². The molecule has 0 aromatic heterocycles. The maximum absolute atomic E-state index is 14.3. The Morgan fingerprint density at radius 2 is 2.12 bits per heavy atom. The molecule has 0 radical (unpaired) electrons. The highest BCUT2D eigenvalue weighted by molar-refractivity contribution is 6.40. The van der Waals surface area contributed by atoms with E-state index >= 15 is 0 Å². The molecular formula is C17H25BFNO4. The number of halogens is 1. The molecular weight excluding hydrogens is 312 g/mol. The van der Waals surface area contributed by atoms with Crippen LogP contribution < -0.4 is 5.32 Å². The van der Waals surface area contributed by atoms with Crippen molar-refractivity contribution >= 4 is 13.1 Å². The molecule has 0 spiro atoms. The van der Waals surface area contributed by atoms with Gasteiger partial charge in [0.2, 0.25) is 0 Å². The van der Waals surface area contributed by atoms with Crippen molar-refractivity contribution in [2.24, 2.45) is 5.92 Å². The highest BCUT2D eigenvalue weighted by Crippen LogP contribution is 2.41. The minimum absolute atomic E-state index is 0.135. The molecule has 0 bridgehead atoms. The van der Waals surface area contributed by atoms with Gasteiger partial charge in [-0.1, -0.05) is 26.3 Å². The summed E-state index contributed by atoms with van der Waals surface area (Å²) in [6, 6.07) is 3.36. The minimum atomic E-state index is -1.37. The molecule has 4 N–H and O–H groups in total. The number of carbonyl (C=O) groups is 1. The number of nitrogens with one attached hydrogen (secondary N) is 1. The van der Waals surface area contributed by atoms with Gasteiger partial charge < -0.3 is 20.5 Å². The van der Waals surface area contributed by atoms with E-state index in [2.05, 4.69) is 5.32 Å². The summed E-state index contributed by atoms with van der Waals surface area (Å²) in [6.07, 6.45) is 1.84. The third-order valence-corrected chi connectivity index (χ3v) is 4.60. The van der Waals surface area contributed by atoms with Crippen LogP contribution in [-0.4, -0.2) is 34.3 Å². The maximum atomic E-state index is 14.3. The lowest BCUT2D eigenvalue weighted by molar-refractivity contribution is -0.139. The van der Waals surface area contributed by atoms with Gasteiger partial charge in [-0.25, -0.2) is 4.39 Å². The molecule has 1 aromatic rings. The maximum Gasteiger partial charge on any atom is 0.451 e. The molecule has 5 nitrogen and oxygen atoms in total. The van der Waals surface area contributed by atoms with Crippen molar-refractivity contribution in [1.82, 2.24) is 5.32 Å². The van der Waals surface area contributed by atoms with Crippen LogP contribution in [0.4, 0.5) is 4.39 Å². The Labute approximate surface area is 142 Å². The average molecular weight is 337 g/mol. The number of rotatable bonds is 8. The molecule has 1 aliphatic carbocycles. The third-order valence-electron chi connectivity index (χ3n) is 4.60. The Balaban J connectivity index is 2.19. The summed E-state index contributed by atoms with van der Waals surface area (Å²) in [6.45, 7) is 4.30. The highest BCUT2D eigenvalue weighted by atomic mass is 19.1. The lowest BCUT2D eigenvalue weighted by Crippen LogP contribution is -2.23. The smallest absolute Gasteiger partial charge is 0.451 e. The van der Waals surface area contributed by atoms with E-state index < -0.39 is 19.0 Å². The Morgan fingerprint density at radius 1 is 1.42 bits per heavy atom. The molecule has 2 rings (SSSR count). The van der Waals surface area contributed by atoms with E-state index in [1.165, 1.54) is 6.07 Å². The second-order valence-electron chi connectivity index (χ2n) is 6.87. The van der Waals surface area contributed by atoms with Gasteiger partial charge in [-0.2, -0.15) is 0 Å². The quantitative estimate of drug-likeness (QED) is 0.544. The van der Waals surface area contributed by atoms with Crippen LogP contribution in [-0.2, 0) is 17.8 Å². The standard InChI is InChI=1S/C17H25BFNO4/c1-10(2)20-9-13-7-14-12(8-15(13)19)6-11(16(14)17(21)22)4-3-5-18(23)24/h7-8,10-11,16,20,23-24H,3-6,9H2,1-2H3,(H,21,22). The highest BCUT2D eigenvalue weighted by Gasteiger charge is 2.38. The van der Waals surface area contributed by atoms with E-state index in [9.17, 15) is 14.3 Å². The van der Waals surface area contributed by atoms with E-state index in [-0.39, 0.29) is 24.1 Å². The number of fused-ring (bicyclic) bond motifs is 1. The Morgan fingerprint density at radius 3 is 2.71 bits per heavy atom. The fraction of sp³-hybridized carbons (Fsp3) is 0.588. The fourth-order valence-corrected chi connectivity index (χ4v) is 3.41. The molecule has 132 valence electrons. The van der Waals surface area contributed by atoms with Gasteiger partial charge in [0.05, 0.1) is 5.92 Å². The van der Waals surface area contributed by atoms with Crippen molar-refractivity contribution in [2.45, 2.75) is 57.9 Å². The first-order valence-electron chi connectivity index (χ1n) is 8.43. The molecule has 1 aliphatic rings. The number of carboxylic acids is 1. The Kier molecular flexibility index (Phi) is 6.37. The molecule has 2 atom stereocenters. The predicted octanol–water partition coefficient (Wildman–Crippen LogP) is 1.92. The fourth-order valence-electron chi connectivity index (χ4n) is 3.41. The summed E-state index contributed by atoms with van der Waals surface area (Å²) < 4.78 is 14.3. The molecule has 0 heterocycles. The van der Waals surface area contributed by atoms with Crippen LogP contribution in [0.1, 0.15) is 49.3 Å². The summed E-state index contributed by atoms with van der Waals surface area (Å²) in [7, 11) is -1.37. The van der Waals surface area contributed by atoms with Crippen molar-refractivity contribution in [3.05, 3.63) is 34.6 Å². The van der Waals surface area contributed by atoms with E-state index in [1.54, 1.807) is 6.07 Å². The molecule has 1 aromatic carbocycles. The predicted molar refractivity (Wildman–Crippen MR) is 90.2 cm³/mol. The van der Waals surface area contributed by atoms with Crippen molar-refractivity contribution in [3.8, 4) is 0 Å². The van der Waals surface area contributed by atoms with E-state index in [0.29, 0.717) is 36.9 Å². The zero-order valence-electron chi connectivity index (χ0n) is 14.1. The Hall–Kier alpha value is -1.44. The van der Waals surface area contributed by atoms with Gasteiger partial charge in [0.25, 0.3) is 0 Å². The lowest BCUT2D eigenvalue weighted by atomic mass is 9.80. The van der Waals surface area contributed by atoms with Crippen LogP contribution in [0.5, 0.6) is 0 Å². The zero-order valence-corrected chi connectivity index (χ0v) is 14.1. The number of carboxylic acid groups (broad SMARTS) is 1. The summed E-state index contributed by atoms with van der Waals surface area (Å²) in [4.78, 5) is 11.7. The molecule has 0 fully saturated rings. The van der Waals surface area contributed by atoms with Crippen LogP contribution >= 0.6 is 0 Å². The molecule has 0 aliphatic heterocycles. The van der Waals surface area contributed by atoms with Gasteiger partial charge in [0, 0.05) is 18.2 Å². The van der Waals surface area contributed by atoms with Crippen molar-refractivity contribution < 1.29 is 24.3 Å². The van der Waals surface area contributed by atoms with Gasteiger partial charge in [0.1, 0.15) is 5.82 Å². The summed E-state index contributed by atoms with van der Waals surface area (Å²) in [5, 5.41) is 30.6. The number of hydrogen-bond acceptors (Lipinski definition) is 4. The first-order valence-corrected chi connectivity index (χ1v) is 8.43. The number of aliphatic carboxylic acids is 1. The number of hydrogen-bond donors (Lipinski definition) is 4. The van der Waals surface area contributed by atoms with Gasteiger partial charge in [-0.3, -0.25) is 4.79 Å². The molecule has 0 saturated heterocycles. The van der Waals surface area contributed by atoms with Crippen molar-refractivity contribution in [2.75, 3.05) is 0 Å². The van der Waals surface area contributed by atoms with Gasteiger partial charge in [-0.05, 0) is 42.3 Å². The van der Waals surface area contributed by atoms with Crippen molar-refractivity contribution in [1.29, 1.82) is 0 Å². The largest absolute Gasteiger partial charge is 0.481 e. The number of benzene rings is 1. The average Bonchev–Trinajstić information content (AvgIpc) is 2.81. The van der Waals surface area contributed by atoms with E-state index in [4.69, 9.17) is 10.0 Å². The summed E-state index contributed by atoms with van der Waals surface area (Å²) >= 11 is 0. The van der Waals surface area contributed by atoms with Gasteiger partial charge in [0.15, 0.2) is 0 Å².